The highest BCUT2D eigenvalue weighted by Gasteiger charge is 2.54. The summed E-state index contributed by atoms with van der Waals surface area (Å²) in [5, 5.41) is 3.80. The summed E-state index contributed by atoms with van der Waals surface area (Å²) in [5.74, 6) is -1.66. The molecule has 1 N–H and O–H groups in total. The fourth-order valence-corrected chi connectivity index (χ4v) is 4.89. The summed E-state index contributed by atoms with van der Waals surface area (Å²) in [7, 11) is 0. The summed E-state index contributed by atoms with van der Waals surface area (Å²) in [5.41, 5.74) is 2.59. The first-order valence-electron chi connectivity index (χ1n) is 9.06. The molecule has 4 nitrogen and oxygen atoms in total. The average molecular weight is 408 g/mol. The molecule has 1 aromatic heterocycles. The lowest BCUT2D eigenvalue weighted by molar-refractivity contribution is -0.173. The lowest BCUT2D eigenvalue weighted by Gasteiger charge is -2.28. The first-order valence-corrected chi connectivity index (χ1v) is 9.94. The van der Waals surface area contributed by atoms with Crippen molar-refractivity contribution >= 4 is 23.2 Å². The van der Waals surface area contributed by atoms with Gasteiger partial charge in [0.15, 0.2) is 0 Å². The van der Waals surface area contributed by atoms with Crippen molar-refractivity contribution in [1.82, 2.24) is 10.2 Å². The topological polar surface area (TPSA) is 49.4 Å². The fraction of sp³-hybridized carbons (Fsp3) is 0.400. The maximum absolute atomic E-state index is 13.2. The Hall–Kier alpha value is -2.35. The Morgan fingerprint density at radius 3 is 2.79 bits per heavy atom. The first kappa shape index (κ1) is 19.0. The summed E-state index contributed by atoms with van der Waals surface area (Å²) in [6, 6.07) is 9.22. The first-order chi connectivity index (χ1) is 13.3. The number of halogens is 3. The van der Waals surface area contributed by atoms with Gasteiger partial charge in [-0.25, -0.2) is 0 Å². The molecule has 3 atom stereocenters. The van der Waals surface area contributed by atoms with Crippen LogP contribution < -0.4 is 5.32 Å². The molecule has 4 rings (SSSR count). The normalized spacial score (nSPS) is 23.4. The lowest BCUT2D eigenvalue weighted by atomic mass is 10.1. The lowest BCUT2D eigenvalue weighted by Crippen LogP contribution is -2.48. The van der Waals surface area contributed by atoms with Crippen molar-refractivity contribution in [2.75, 3.05) is 13.1 Å². The summed E-state index contributed by atoms with van der Waals surface area (Å²) >= 11 is 1.47. The van der Waals surface area contributed by atoms with Crippen LogP contribution in [0.4, 0.5) is 13.2 Å². The van der Waals surface area contributed by atoms with Crippen molar-refractivity contribution in [3.63, 3.8) is 0 Å². The van der Waals surface area contributed by atoms with Gasteiger partial charge in [0.25, 0.3) is 5.91 Å². The van der Waals surface area contributed by atoms with Crippen LogP contribution in [-0.4, -0.2) is 42.0 Å². The second kappa shape index (κ2) is 6.92. The Bertz CT molecular complexity index is 924. The predicted molar refractivity (Wildman–Crippen MR) is 100.0 cm³/mol. The van der Waals surface area contributed by atoms with E-state index in [1.54, 1.807) is 11.0 Å². The molecule has 1 saturated carbocycles. The number of benzene rings is 1. The molecule has 0 spiro atoms. The predicted octanol–water partition coefficient (Wildman–Crippen LogP) is 3.86. The molecule has 2 aromatic rings. The molecular formula is C20H19F3N2O2S. The summed E-state index contributed by atoms with van der Waals surface area (Å²) in [6.07, 6.45) is -4.02. The van der Waals surface area contributed by atoms with Crippen molar-refractivity contribution in [2.24, 2.45) is 11.8 Å². The van der Waals surface area contributed by atoms with E-state index in [-0.39, 0.29) is 18.4 Å². The number of carbonyl (C=O) groups excluding carboxylic acids is 2. The van der Waals surface area contributed by atoms with Gasteiger partial charge in [-0.05, 0) is 42.2 Å². The summed E-state index contributed by atoms with van der Waals surface area (Å²) < 4.78 is 37.5. The maximum atomic E-state index is 13.2. The number of carbonyl (C=O) groups is 2. The van der Waals surface area contributed by atoms with Gasteiger partial charge in [-0.15, -0.1) is 11.3 Å². The van der Waals surface area contributed by atoms with Gasteiger partial charge in [0.05, 0.1) is 11.6 Å². The van der Waals surface area contributed by atoms with Crippen LogP contribution >= 0.6 is 11.3 Å². The van der Waals surface area contributed by atoms with Gasteiger partial charge in [0, 0.05) is 18.0 Å². The Morgan fingerprint density at radius 1 is 1.29 bits per heavy atom. The SMILES string of the molecule is Cc1cccc(-c2sccc2C(=O)N2C[C@@H]3C[C@@H]3[C@H]2CNC(=O)C(F)(F)F)c1. The Balaban J connectivity index is 1.54. The van der Waals surface area contributed by atoms with Crippen LogP contribution in [0.5, 0.6) is 0 Å². The minimum atomic E-state index is -4.91. The van der Waals surface area contributed by atoms with E-state index in [4.69, 9.17) is 0 Å². The van der Waals surface area contributed by atoms with Gasteiger partial charge in [0.2, 0.25) is 0 Å². The van der Waals surface area contributed by atoms with E-state index in [1.165, 1.54) is 11.3 Å². The third-order valence-corrected chi connectivity index (χ3v) is 6.43. The van der Waals surface area contributed by atoms with Gasteiger partial charge in [-0.3, -0.25) is 9.59 Å². The van der Waals surface area contributed by atoms with Crippen LogP contribution in [0.3, 0.4) is 0 Å². The van der Waals surface area contributed by atoms with Crippen LogP contribution in [-0.2, 0) is 4.79 Å². The minimum absolute atomic E-state index is 0.165. The second-order valence-electron chi connectivity index (χ2n) is 7.43. The molecule has 2 fully saturated rings. The highest BCUT2D eigenvalue weighted by atomic mass is 32.1. The molecule has 148 valence electrons. The highest BCUT2D eigenvalue weighted by molar-refractivity contribution is 7.14. The molecular weight excluding hydrogens is 389 g/mol. The molecule has 28 heavy (non-hydrogen) atoms. The van der Waals surface area contributed by atoms with Crippen LogP contribution in [0.15, 0.2) is 35.7 Å². The number of hydrogen-bond donors (Lipinski definition) is 1. The third-order valence-electron chi connectivity index (χ3n) is 5.47. The van der Waals surface area contributed by atoms with Crippen molar-refractivity contribution in [2.45, 2.75) is 25.6 Å². The summed E-state index contributed by atoms with van der Waals surface area (Å²) in [4.78, 5) is 26.9. The van der Waals surface area contributed by atoms with Gasteiger partial charge in [-0.1, -0.05) is 29.8 Å². The number of amides is 2. The zero-order chi connectivity index (χ0) is 20.1. The molecule has 0 radical (unpaired) electrons. The molecule has 1 aromatic carbocycles. The van der Waals surface area contributed by atoms with E-state index in [1.807, 2.05) is 41.9 Å². The minimum Gasteiger partial charge on any atom is -0.346 e. The molecule has 2 amide bonds. The number of rotatable bonds is 4. The zero-order valence-electron chi connectivity index (χ0n) is 15.1. The molecule has 2 heterocycles. The third kappa shape index (κ3) is 3.53. The largest absolute Gasteiger partial charge is 0.471 e. The van der Waals surface area contributed by atoms with Crippen molar-refractivity contribution in [1.29, 1.82) is 0 Å². The number of piperidine rings is 1. The molecule has 2 aliphatic rings. The van der Waals surface area contributed by atoms with Gasteiger partial charge < -0.3 is 10.2 Å². The zero-order valence-corrected chi connectivity index (χ0v) is 15.9. The average Bonchev–Trinajstić information content (AvgIpc) is 3.09. The standard InChI is InChI=1S/C20H19F3N2O2S/c1-11-3-2-4-12(7-11)17-14(5-6-28-17)18(26)25-10-13-8-15(13)16(25)9-24-19(27)20(21,22)23/h2-7,13,15-16H,8-10H2,1H3,(H,24,27)/t13-,15-,16+/m0/s1. The van der Waals surface area contributed by atoms with Crippen molar-refractivity contribution in [3.05, 3.63) is 46.8 Å². The molecule has 8 heteroatoms. The molecule has 1 aliphatic carbocycles. The van der Waals surface area contributed by atoms with E-state index >= 15 is 0 Å². The summed E-state index contributed by atoms with van der Waals surface area (Å²) in [6.45, 7) is 2.33. The Kier molecular flexibility index (Phi) is 4.69. The van der Waals surface area contributed by atoms with Crippen molar-refractivity contribution < 1.29 is 22.8 Å². The number of thiophene rings is 1. The van der Waals surface area contributed by atoms with E-state index in [0.29, 0.717) is 18.0 Å². The number of nitrogens with one attached hydrogen (secondary N) is 1. The van der Waals surface area contributed by atoms with Gasteiger partial charge >= 0.3 is 12.1 Å². The number of hydrogen-bond acceptors (Lipinski definition) is 3. The fourth-order valence-electron chi connectivity index (χ4n) is 4.01. The van der Waals surface area contributed by atoms with Crippen molar-refractivity contribution in [3.8, 4) is 10.4 Å². The smallest absolute Gasteiger partial charge is 0.346 e. The van der Waals surface area contributed by atoms with Crippen LogP contribution in [0, 0.1) is 18.8 Å². The number of likely N-dealkylation sites (tertiary alicyclic amines) is 1. The Labute approximate surface area is 164 Å². The highest BCUT2D eigenvalue weighted by Crippen LogP contribution is 2.50. The quantitative estimate of drug-likeness (QED) is 0.835. The number of aryl methyl sites for hydroxylation is 1. The van der Waals surface area contributed by atoms with E-state index in [0.717, 1.165) is 22.4 Å². The maximum Gasteiger partial charge on any atom is 0.471 e. The van der Waals surface area contributed by atoms with Gasteiger partial charge in [0.1, 0.15) is 0 Å². The molecule has 0 unspecified atom stereocenters. The molecule has 1 saturated heterocycles. The molecule has 1 aliphatic heterocycles. The van der Waals surface area contributed by atoms with E-state index in [9.17, 15) is 22.8 Å². The van der Waals surface area contributed by atoms with Crippen LogP contribution in [0.1, 0.15) is 22.3 Å². The second-order valence-corrected chi connectivity index (χ2v) is 8.34. The number of alkyl halides is 3. The molecule has 0 bridgehead atoms. The number of nitrogens with zero attached hydrogens (tertiary/aromatic N) is 1. The van der Waals surface area contributed by atoms with Crippen LogP contribution in [0.2, 0.25) is 0 Å². The van der Waals surface area contributed by atoms with E-state index < -0.39 is 18.1 Å². The Morgan fingerprint density at radius 2 is 2.07 bits per heavy atom. The number of fused-ring (bicyclic) bond motifs is 1. The van der Waals surface area contributed by atoms with Gasteiger partial charge in [-0.2, -0.15) is 13.2 Å². The van der Waals surface area contributed by atoms with Crippen LogP contribution in [0.25, 0.3) is 10.4 Å². The van der Waals surface area contributed by atoms with E-state index in [2.05, 4.69) is 0 Å². The monoisotopic (exact) mass is 408 g/mol.